The lowest BCUT2D eigenvalue weighted by atomic mass is 10.3. The number of nitrogens with zero attached hydrogens (tertiary/aromatic N) is 2. The van der Waals surface area contributed by atoms with Crippen LogP contribution < -0.4 is 10.6 Å². The van der Waals surface area contributed by atoms with Crippen LogP contribution in [0.4, 0.5) is 17.3 Å². The molecule has 0 spiro atoms. The SMILES string of the molecule is CCCNc1cc(Nc2ccc(I)cc2Cl)ncn1. The number of anilines is 3. The highest BCUT2D eigenvalue weighted by molar-refractivity contribution is 14.1. The van der Waals surface area contributed by atoms with Crippen molar-refractivity contribution in [1.82, 2.24) is 9.97 Å². The molecule has 0 aliphatic heterocycles. The van der Waals surface area contributed by atoms with E-state index in [-0.39, 0.29) is 0 Å². The summed E-state index contributed by atoms with van der Waals surface area (Å²) in [6, 6.07) is 7.70. The first-order valence-corrected chi connectivity index (χ1v) is 7.42. The molecule has 6 heteroatoms. The molecule has 4 nitrogen and oxygen atoms in total. The van der Waals surface area contributed by atoms with Gasteiger partial charge in [0.25, 0.3) is 0 Å². The van der Waals surface area contributed by atoms with E-state index in [9.17, 15) is 0 Å². The van der Waals surface area contributed by atoms with Gasteiger partial charge in [-0.15, -0.1) is 0 Å². The molecule has 2 N–H and O–H groups in total. The first-order chi connectivity index (χ1) is 9.19. The van der Waals surface area contributed by atoms with Crippen LogP contribution in [-0.2, 0) is 0 Å². The zero-order valence-corrected chi connectivity index (χ0v) is 13.4. The van der Waals surface area contributed by atoms with E-state index in [2.05, 4.69) is 50.1 Å². The van der Waals surface area contributed by atoms with Gasteiger partial charge in [-0.3, -0.25) is 0 Å². The summed E-state index contributed by atoms with van der Waals surface area (Å²) < 4.78 is 1.10. The molecule has 0 saturated heterocycles. The average Bonchev–Trinajstić information content (AvgIpc) is 2.40. The largest absolute Gasteiger partial charge is 0.370 e. The number of aromatic nitrogens is 2. The Balaban J connectivity index is 2.14. The number of nitrogens with one attached hydrogen (secondary N) is 2. The zero-order chi connectivity index (χ0) is 13.7. The van der Waals surface area contributed by atoms with Crippen LogP contribution in [0.15, 0.2) is 30.6 Å². The third-order valence-electron chi connectivity index (χ3n) is 2.42. The lowest BCUT2D eigenvalue weighted by molar-refractivity contribution is 0.965. The molecule has 1 aromatic carbocycles. The smallest absolute Gasteiger partial charge is 0.135 e. The Hall–Kier alpha value is -1.08. The molecule has 0 aliphatic carbocycles. The van der Waals surface area contributed by atoms with Crippen LogP contribution in [0.2, 0.25) is 5.02 Å². The van der Waals surface area contributed by atoms with Gasteiger partial charge in [0.1, 0.15) is 18.0 Å². The highest BCUT2D eigenvalue weighted by Crippen LogP contribution is 2.26. The summed E-state index contributed by atoms with van der Waals surface area (Å²) in [7, 11) is 0. The minimum Gasteiger partial charge on any atom is -0.370 e. The molecule has 19 heavy (non-hydrogen) atoms. The minimum atomic E-state index is 0.675. The molecule has 1 heterocycles. The second-order valence-corrected chi connectivity index (χ2v) is 5.62. The lowest BCUT2D eigenvalue weighted by Gasteiger charge is -2.09. The Morgan fingerprint density at radius 1 is 1.21 bits per heavy atom. The summed E-state index contributed by atoms with van der Waals surface area (Å²) >= 11 is 8.40. The Labute approximate surface area is 131 Å². The van der Waals surface area contributed by atoms with Gasteiger partial charge in [-0.05, 0) is 47.2 Å². The molecule has 0 atom stereocenters. The van der Waals surface area contributed by atoms with Crippen molar-refractivity contribution >= 4 is 51.5 Å². The fourth-order valence-electron chi connectivity index (χ4n) is 1.50. The summed E-state index contributed by atoms with van der Waals surface area (Å²) in [4.78, 5) is 8.34. The molecule has 0 fully saturated rings. The van der Waals surface area contributed by atoms with E-state index in [0.717, 1.165) is 33.9 Å². The number of benzene rings is 1. The fraction of sp³-hybridized carbons (Fsp3) is 0.231. The van der Waals surface area contributed by atoms with Gasteiger partial charge in [0.2, 0.25) is 0 Å². The van der Waals surface area contributed by atoms with E-state index < -0.39 is 0 Å². The molecule has 0 radical (unpaired) electrons. The monoisotopic (exact) mass is 388 g/mol. The molecule has 0 unspecified atom stereocenters. The van der Waals surface area contributed by atoms with Crippen molar-refractivity contribution in [3.63, 3.8) is 0 Å². The molecule has 1 aromatic heterocycles. The summed E-state index contributed by atoms with van der Waals surface area (Å²) in [6.45, 7) is 3.00. The fourth-order valence-corrected chi connectivity index (χ4v) is 2.41. The van der Waals surface area contributed by atoms with Crippen LogP contribution in [0.1, 0.15) is 13.3 Å². The number of hydrogen-bond acceptors (Lipinski definition) is 4. The van der Waals surface area contributed by atoms with Gasteiger partial charge in [0, 0.05) is 16.2 Å². The first-order valence-electron chi connectivity index (χ1n) is 5.97. The molecule has 0 bridgehead atoms. The Kier molecular flexibility index (Phi) is 5.21. The summed E-state index contributed by atoms with van der Waals surface area (Å²) in [5.41, 5.74) is 0.835. The van der Waals surface area contributed by atoms with E-state index in [4.69, 9.17) is 11.6 Å². The van der Waals surface area contributed by atoms with Crippen molar-refractivity contribution in [3.05, 3.63) is 39.2 Å². The molecule has 100 valence electrons. The minimum absolute atomic E-state index is 0.675. The van der Waals surface area contributed by atoms with Gasteiger partial charge >= 0.3 is 0 Å². The van der Waals surface area contributed by atoms with E-state index in [0.29, 0.717) is 5.02 Å². The second-order valence-electron chi connectivity index (χ2n) is 3.96. The summed E-state index contributed by atoms with van der Waals surface area (Å²) in [5.74, 6) is 1.53. The Morgan fingerprint density at radius 2 is 2.00 bits per heavy atom. The quantitative estimate of drug-likeness (QED) is 0.750. The van der Waals surface area contributed by atoms with Gasteiger partial charge in [-0.2, -0.15) is 0 Å². The second kappa shape index (κ2) is 6.91. The van der Waals surface area contributed by atoms with Gasteiger partial charge < -0.3 is 10.6 Å². The van der Waals surface area contributed by atoms with E-state index >= 15 is 0 Å². The van der Waals surface area contributed by atoms with E-state index in [1.807, 2.05) is 24.3 Å². The predicted molar refractivity (Wildman–Crippen MR) is 88.3 cm³/mol. The van der Waals surface area contributed by atoms with Crippen LogP contribution in [0.25, 0.3) is 0 Å². The van der Waals surface area contributed by atoms with Crippen molar-refractivity contribution in [2.75, 3.05) is 17.2 Å². The summed E-state index contributed by atoms with van der Waals surface area (Å²) in [5, 5.41) is 7.08. The highest BCUT2D eigenvalue weighted by atomic mass is 127. The number of hydrogen-bond donors (Lipinski definition) is 2. The molecule has 2 aromatic rings. The molecule has 0 aliphatic rings. The van der Waals surface area contributed by atoms with E-state index in [1.165, 1.54) is 6.33 Å². The van der Waals surface area contributed by atoms with Crippen LogP contribution in [0.5, 0.6) is 0 Å². The number of halogens is 2. The molecular formula is C13H14ClIN4. The van der Waals surface area contributed by atoms with Crippen molar-refractivity contribution in [2.45, 2.75) is 13.3 Å². The van der Waals surface area contributed by atoms with Gasteiger partial charge in [0.05, 0.1) is 10.7 Å². The first kappa shape index (κ1) is 14.3. The molecular weight excluding hydrogens is 375 g/mol. The predicted octanol–water partition coefficient (Wildman–Crippen LogP) is 4.30. The third kappa shape index (κ3) is 4.21. The third-order valence-corrected chi connectivity index (χ3v) is 3.40. The van der Waals surface area contributed by atoms with Crippen LogP contribution >= 0.6 is 34.2 Å². The summed E-state index contributed by atoms with van der Waals surface area (Å²) in [6.07, 6.45) is 2.58. The maximum Gasteiger partial charge on any atom is 0.135 e. The topological polar surface area (TPSA) is 49.8 Å². The maximum absolute atomic E-state index is 6.18. The van der Waals surface area contributed by atoms with Crippen molar-refractivity contribution in [3.8, 4) is 0 Å². The van der Waals surface area contributed by atoms with Crippen molar-refractivity contribution in [2.24, 2.45) is 0 Å². The standard InChI is InChI=1S/C13H14ClIN4/c1-2-5-16-12-7-13(18-8-17-12)19-11-4-3-9(15)6-10(11)14/h3-4,6-8H,2,5H2,1H3,(H2,16,17,18,19). The maximum atomic E-state index is 6.18. The highest BCUT2D eigenvalue weighted by Gasteiger charge is 2.03. The van der Waals surface area contributed by atoms with Gasteiger partial charge in [-0.25, -0.2) is 9.97 Å². The average molecular weight is 389 g/mol. The van der Waals surface area contributed by atoms with Crippen molar-refractivity contribution < 1.29 is 0 Å². The molecule has 0 saturated carbocycles. The molecule has 0 amide bonds. The van der Waals surface area contributed by atoms with Crippen molar-refractivity contribution in [1.29, 1.82) is 0 Å². The van der Waals surface area contributed by atoms with Gasteiger partial charge in [-0.1, -0.05) is 18.5 Å². The van der Waals surface area contributed by atoms with Crippen LogP contribution in [0.3, 0.4) is 0 Å². The normalized spacial score (nSPS) is 10.3. The van der Waals surface area contributed by atoms with Crippen LogP contribution in [-0.4, -0.2) is 16.5 Å². The zero-order valence-electron chi connectivity index (χ0n) is 10.5. The van der Waals surface area contributed by atoms with Crippen LogP contribution in [0, 0.1) is 3.57 Å². The van der Waals surface area contributed by atoms with E-state index in [1.54, 1.807) is 0 Å². The molecule has 2 rings (SSSR count). The lowest BCUT2D eigenvalue weighted by Crippen LogP contribution is -2.03. The Morgan fingerprint density at radius 3 is 2.74 bits per heavy atom. The Bertz CT molecular complexity index is 562. The van der Waals surface area contributed by atoms with Gasteiger partial charge in [0.15, 0.2) is 0 Å². The number of rotatable bonds is 5.